The van der Waals surface area contributed by atoms with Crippen LogP contribution in [-0.4, -0.2) is 36.4 Å². The van der Waals surface area contributed by atoms with Gasteiger partial charge < -0.3 is 20.9 Å². The van der Waals surface area contributed by atoms with Gasteiger partial charge in [0.2, 0.25) is 0 Å². The van der Waals surface area contributed by atoms with Gasteiger partial charge in [0.15, 0.2) is 0 Å². The first-order valence-electron chi connectivity index (χ1n) is 6.54. The first-order valence-corrected chi connectivity index (χ1v) is 7.33. The molecule has 1 aliphatic heterocycles. The van der Waals surface area contributed by atoms with Gasteiger partial charge in [0.1, 0.15) is 0 Å². The van der Waals surface area contributed by atoms with Gasteiger partial charge in [-0.2, -0.15) is 0 Å². The summed E-state index contributed by atoms with van der Waals surface area (Å²) in [7, 11) is 0. The van der Waals surface area contributed by atoms with E-state index in [-0.39, 0.29) is 12.5 Å². The van der Waals surface area contributed by atoms with Crippen molar-refractivity contribution in [1.29, 1.82) is 0 Å². The molecule has 0 spiro atoms. The summed E-state index contributed by atoms with van der Waals surface area (Å²) in [6.45, 7) is 2.80. The van der Waals surface area contributed by atoms with E-state index in [0.717, 1.165) is 10.0 Å². The number of aliphatic hydroxyl groups is 1. The molecule has 1 amide bonds. The molecule has 1 aromatic rings. The second-order valence-electron chi connectivity index (χ2n) is 5.17. The maximum absolute atomic E-state index is 12.5. The molecule has 20 heavy (non-hydrogen) atoms. The molecule has 1 saturated heterocycles. The topological polar surface area (TPSA) is 84.6 Å². The van der Waals surface area contributed by atoms with Crippen molar-refractivity contribution in [2.24, 2.45) is 0 Å². The monoisotopic (exact) mass is 342 g/mol. The van der Waals surface area contributed by atoms with Crippen LogP contribution in [0, 0.1) is 6.92 Å². The van der Waals surface area contributed by atoms with Crippen LogP contribution in [0.2, 0.25) is 0 Å². The van der Waals surface area contributed by atoms with E-state index in [2.05, 4.69) is 21.2 Å². The lowest BCUT2D eigenvalue weighted by Crippen LogP contribution is -2.54. The minimum absolute atomic E-state index is 0.0926. The molecule has 6 heteroatoms. The summed E-state index contributed by atoms with van der Waals surface area (Å²) in [6, 6.07) is 3.51. The van der Waals surface area contributed by atoms with Crippen molar-refractivity contribution in [3.05, 3.63) is 27.7 Å². The van der Waals surface area contributed by atoms with Crippen molar-refractivity contribution in [3.63, 3.8) is 0 Å². The fourth-order valence-corrected chi connectivity index (χ4v) is 2.80. The molecule has 0 saturated carbocycles. The van der Waals surface area contributed by atoms with Crippen LogP contribution in [0.15, 0.2) is 16.6 Å². The van der Waals surface area contributed by atoms with Crippen LogP contribution in [0.5, 0.6) is 0 Å². The maximum atomic E-state index is 12.5. The number of nitrogens with two attached hydrogens (primary N) is 1. The van der Waals surface area contributed by atoms with Gasteiger partial charge in [0, 0.05) is 28.9 Å². The van der Waals surface area contributed by atoms with Gasteiger partial charge in [-0.25, -0.2) is 0 Å². The molecule has 1 aromatic carbocycles. The number of hydrogen-bond acceptors (Lipinski definition) is 4. The molecule has 0 aliphatic carbocycles. The maximum Gasteiger partial charge on any atom is 0.252 e. The molecule has 1 fully saturated rings. The lowest BCUT2D eigenvalue weighted by atomic mass is 9.90. The lowest BCUT2D eigenvalue weighted by molar-refractivity contribution is 0.0125. The van der Waals surface area contributed by atoms with E-state index in [1.165, 1.54) is 0 Å². The SMILES string of the molecule is Cc1c(N)cc(Br)cc1C(=O)NC1(CO)CCOCC1. The molecule has 0 bridgehead atoms. The largest absolute Gasteiger partial charge is 0.398 e. The van der Waals surface area contributed by atoms with Crippen LogP contribution in [-0.2, 0) is 4.74 Å². The fraction of sp³-hybridized carbons (Fsp3) is 0.500. The number of anilines is 1. The molecular formula is C14H19BrN2O3. The van der Waals surface area contributed by atoms with Gasteiger partial charge in [0.25, 0.3) is 5.91 Å². The molecule has 0 atom stereocenters. The van der Waals surface area contributed by atoms with E-state index in [0.29, 0.717) is 37.3 Å². The summed E-state index contributed by atoms with van der Waals surface area (Å²) < 4.78 is 6.05. The highest BCUT2D eigenvalue weighted by atomic mass is 79.9. The average Bonchev–Trinajstić information content (AvgIpc) is 2.43. The van der Waals surface area contributed by atoms with Gasteiger partial charge in [-0.3, -0.25) is 4.79 Å². The van der Waals surface area contributed by atoms with Crippen LogP contribution in [0.4, 0.5) is 5.69 Å². The molecule has 4 N–H and O–H groups in total. The smallest absolute Gasteiger partial charge is 0.252 e. The Balaban J connectivity index is 2.23. The average molecular weight is 343 g/mol. The quantitative estimate of drug-likeness (QED) is 0.728. The van der Waals surface area contributed by atoms with Crippen LogP contribution in [0.25, 0.3) is 0 Å². The number of nitrogen functional groups attached to an aromatic ring is 1. The van der Waals surface area contributed by atoms with Crippen molar-refractivity contribution in [1.82, 2.24) is 5.32 Å². The van der Waals surface area contributed by atoms with Crippen molar-refractivity contribution in [2.75, 3.05) is 25.6 Å². The highest BCUT2D eigenvalue weighted by Gasteiger charge is 2.34. The van der Waals surface area contributed by atoms with Gasteiger partial charge in [0.05, 0.1) is 12.1 Å². The van der Waals surface area contributed by atoms with Crippen LogP contribution < -0.4 is 11.1 Å². The van der Waals surface area contributed by atoms with E-state index >= 15 is 0 Å². The standard InChI is InChI=1S/C14H19BrN2O3/c1-9-11(6-10(15)7-12(9)16)13(19)17-14(8-18)2-4-20-5-3-14/h6-7,18H,2-5,8,16H2,1H3,(H,17,19). The minimum atomic E-state index is -0.598. The Morgan fingerprint density at radius 1 is 1.50 bits per heavy atom. The number of carbonyl (C=O) groups excluding carboxylic acids is 1. The van der Waals surface area contributed by atoms with Crippen molar-refractivity contribution in [2.45, 2.75) is 25.3 Å². The highest BCUT2D eigenvalue weighted by Crippen LogP contribution is 2.25. The number of hydrogen-bond donors (Lipinski definition) is 3. The summed E-state index contributed by atoms with van der Waals surface area (Å²) in [5.74, 6) is -0.216. The zero-order chi connectivity index (χ0) is 14.8. The molecule has 1 heterocycles. The van der Waals surface area contributed by atoms with Gasteiger partial charge in [-0.1, -0.05) is 15.9 Å². The molecule has 0 radical (unpaired) electrons. The van der Waals surface area contributed by atoms with Crippen LogP contribution in [0.3, 0.4) is 0 Å². The van der Waals surface area contributed by atoms with E-state index in [1.54, 1.807) is 12.1 Å². The minimum Gasteiger partial charge on any atom is -0.398 e. The van der Waals surface area contributed by atoms with Gasteiger partial charge >= 0.3 is 0 Å². The first kappa shape index (κ1) is 15.3. The molecule has 110 valence electrons. The molecule has 1 aliphatic rings. The number of aliphatic hydroxyl groups excluding tert-OH is 1. The molecule has 5 nitrogen and oxygen atoms in total. The summed E-state index contributed by atoms with van der Waals surface area (Å²) >= 11 is 3.34. The number of amides is 1. The number of carbonyl (C=O) groups is 1. The normalized spacial score (nSPS) is 17.8. The first-order chi connectivity index (χ1) is 9.47. The summed E-state index contributed by atoms with van der Waals surface area (Å²) in [4.78, 5) is 12.5. The molecule has 0 unspecified atom stereocenters. The second-order valence-corrected chi connectivity index (χ2v) is 6.09. The Labute approximate surface area is 126 Å². The zero-order valence-corrected chi connectivity index (χ0v) is 13.0. The summed E-state index contributed by atoms with van der Waals surface area (Å²) in [5, 5.41) is 12.6. The summed E-state index contributed by atoms with van der Waals surface area (Å²) in [5.41, 5.74) is 7.11. The van der Waals surface area contributed by atoms with E-state index in [4.69, 9.17) is 10.5 Å². The molecular weight excluding hydrogens is 324 g/mol. The fourth-order valence-electron chi connectivity index (χ4n) is 2.33. The third-order valence-electron chi connectivity index (χ3n) is 3.79. The Hall–Kier alpha value is -1.11. The van der Waals surface area contributed by atoms with E-state index in [1.807, 2.05) is 6.92 Å². The number of benzene rings is 1. The number of rotatable bonds is 3. The molecule has 2 rings (SSSR count). The Bertz CT molecular complexity index is 513. The third kappa shape index (κ3) is 3.13. The van der Waals surface area contributed by atoms with Crippen LogP contribution >= 0.6 is 15.9 Å². The third-order valence-corrected chi connectivity index (χ3v) is 4.25. The Kier molecular flexibility index (Phi) is 4.67. The number of halogens is 1. The highest BCUT2D eigenvalue weighted by molar-refractivity contribution is 9.10. The van der Waals surface area contributed by atoms with Crippen molar-refractivity contribution >= 4 is 27.5 Å². The van der Waals surface area contributed by atoms with Crippen molar-refractivity contribution < 1.29 is 14.6 Å². The number of ether oxygens (including phenoxy) is 1. The van der Waals surface area contributed by atoms with E-state index < -0.39 is 5.54 Å². The Morgan fingerprint density at radius 3 is 2.75 bits per heavy atom. The summed E-state index contributed by atoms with van der Waals surface area (Å²) in [6.07, 6.45) is 1.22. The Morgan fingerprint density at radius 2 is 2.15 bits per heavy atom. The van der Waals surface area contributed by atoms with Crippen LogP contribution in [0.1, 0.15) is 28.8 Å². The van der Waals surface area contributed by atoms with E-state index in [9.17, 15) is 9.90 Å². The van der Waals surface area contributed by atoms with Crippen molar-refractivity contribution in [3.8, 4) is 0 Å². The zero-order valence-electron chi connectivity index (χ0n) is 11.4. The van der Waals surface area contributed by atoms with Gasteiger partial charge in [-0.05, 0) is 37.5 Å². The lowest BCUT2D eigenvalue weighted by Gasteiger charge is -2.36. The predicted molar refractivity (Wildman–Crippen MR) is 80.6 cm³/mol. The molecule has 0 aromatic heterocycles. The predicted octanol–water partition coefficient (Wildman–Crippen LogP) is 1.61. The van der Waals surface area contributed by atoms with Gasteiger partial charge in [-0.15, -0.1) is 0 Å². The number of nitrogens with one attached hydrogen (secondary N) is 1. The second kappa shape index (κ2) is 6.11.